The second kappa shape index (κ2) is 4.92. The molecule has 15 heavy (non-hydrogen) atoms. The first-order chi connectivity index (χ1) is 7.36. The molecule has 78 valence electrons. The van der Waals surface area contributed by atoms with Crippen LogP contribution in [0.25, 0.3) is 10.9 Å². The van der Waals surface area contributed by atoms with Crippen LogP contribution in [0.1, 0.15) is 31.2 Å². The van der Waals surface area contributed by atoms with Crippen LogP contribution in [0.2, 0.25) is 0 Å². The molecule has 1 aliphatic carbocycles. The molecule has 0 N–H and O–H groups in total. The van der Waals surface area contributed by atoms with E-state index in [2.05, 4.69) is 30.1 Å². The van der Waals surface area contributed by atoms with Gasteiger partial charge in [-0.15, -0.1) is 0 Å². The Bertz CT molecular complexity index is 426. The number of rotatable bonds is 0. The number of pyridine rings is 1. The molecule has 1 aromatic heterocycles. The van der Waals surface area contributed by atoms with Crippen LogP contribution in [0.3, 0.4) is 0 Å². The predicted molar refractivity (Wildman–Crippen MR) is 64.9 cm³/mol. The van der Waals surface area contributed by atoms with E-state index in [0.717, 1.165) is 5.52 Å². The minimum atomic E-state index is 1.07. The predicted octanol–water partition coefficient (Wildman–Crippen LogP) is 4.10. The van der Waals surface area contributed by atoms with E-state index in [1.807, 2.05) is 18.3 Å². The second-order valence-electron chi connectivity index (χ2n) is 4.11. The summed E-state index contributed by atoms with van der Waals surface area (Å²) in [6.07, 6.45) is 7.82. The van der Waals surface area contributed by atoms with Crippen LogP contribution in [0.4, 0.5) is 0 Å². The molecule has 2 aromatic rings. The molecule has 0 unspecified atom stereocenters. The Hall–Kier alpha value is -1.37. The van der Waals surface area contributed by atoms with Gasteiger partial charge in [0.05, 0.1) is 5.52 Å². The summed E-state index contributed by atoms with van der Waals surface area (Å²) in [6, 6.07) is 10.3. The lowest BCUT2D eigenvalue weighted by atomic mass is 10.0. The minimum absolute atomic E-state index is 1.07. The average Bonchev–Trinajstić information content (AvgIpc) is 2.15. The molecule has 1 aliphatic rings. The molecular weight excluding hydrogens is 182 g/mol. The topological polar surface area (TPSA) is 12.9 Å². The first kappa shape index (κ1) is 10.2. The Labute approximate surface area is 91.2 Å². The average molecular weight is 199 g/mol. The zero-order chi connectivity index (χ0) is 10.5. The van der Waals surface area contributed by atoms with Crippen molar-refractivity contribution in [1.82, 2.24) is 4.98 Å². The molecular formula is C14H17N. The van der Waals surface area contributed by atoms with Gasteiger partial charge in [-0.25, -0.2) is 0 Å². The molecule has 1 heteroatoms. The molecule has 0 spiro atoms. The van der Waals surface area contributed by atoms with Gasteiger partial charge in [0, 0.05) is 11.6 Å². The summed E-state index contributed by atoms with van der Waals surface area (Å²) >= 11 is 0. The zero-order valence-electron chi connectivity index (χ0n) is 9.24. The Morgan fingerprint density at radius 2 is 1.73 bits per heavy atom. The van der Waals surface area contributed by atoms with Crippen molar-refractivity contribution in [3.05, 3.63) is 42.1 Å². The highest BCUT2D eigenvalue weighted by atomic mass is 14.6. The Morgan fingerprint density at radius 1 is 1.00 bits per heavy atom. The van der Waals surface area contributed by atoms with E-state index < -0.39 is 0 Å². The highest BCUT2D eigenvalue weighted by molar-refractivity contribution is 5.78. The van der Waals surface area contributed by atoms with Crippen molar-refractivity contribution >= 4 is 10.9 Å². The summed E-state index contributed by atoms with van der Waals surface area (Å²) in [5.41, 5.74) is 2.35. The lowest BCUT2D eigenvalue weighted by molar-refractivity contribution is 0.504. The van der Waals surface area contributed by atoms with Crippen molar-refractivity contribution in [2.75, 3.05) is 0 Å². The van der Waals surface area contributed by atoms with Crippen molar-refractivity contribution in [3.63, 3.8) is 0 Å². The van der Waals surface area contributed by atoms with Crippen LogP contribution in [-0.2, 0) is 0 Å². The van der Waals surface area contributed by atoms with E-state index in [9.17, 15) is 0 Å². The normalized spacial score (nSPS) is 13.9. The molecule has 1 heterocycles. The van der Waals surface area contributed by atoms with Gasteiger partial charge in [0.15, 0.2) is 0 Å². The third-order valence-corrected chi connectivity index (χ3v) is 2.76. The number of fused-ring (bicyclic) bond motifs is 1. The summed E-state index contributed by atoms with van der Waals surface area (Å²) in [5.74, 6) is 0. The number of hydrogen-bond donors (Lipinski definition) is 0. The molecule has 0 radical (unpaired) electrons. The van der Waals surface area contributed by atoms with E-state index in [1.165, 1.54) is 36.6 Å². The number of nitrogens with zero attached hydrogens (tertiary/aromatic N) is 1. The Kier molecular flexibility index (Phi) is 3.33. The fourth-order valence-electron chi connectivity index (χ4n) is 1.45. The van der Waals surface area contributed by atoms with E-state index in [-0.39, 0.29) is 0 Å². The second-order valence-corrected chi connectivity index (χ2v) is 4.11. The van der Waals surface area contributed by atoms with Crippen molar-refractivity contribution in [2.45, 2.75) is 32.6 Å². The smallest absolute Gasteiger partial charge is 0.0702 e. The standard InChI is InChI=1S/C10H9N.C4H8/c1-8-4-5-10-9(7-8)3-2-6-11-10;1-2-4-3-1/h2-7H,1H3;1-4H2. The monoisotopic (exact) mass is 199 g/mol. The number of aryl methyl sites for hydroxylation is 1. The van der Waals surface area contributed by atoms with Gasteiger partial charge in [0.2, 0.25) is 0 Å². The fourth-order valence-corrected chi connectivity index (χ4v) is 1.45. The maximum atomic E-state index is 4.22. The Balaban J connectivity index is 0.000000179. The highest BCUT2D eigenvalue weighted by Gasteiger charge is 1.95. The molecule has 0 saturated heterocycles. The van der Waals surface area contributed by atoms with Crippen LogP contribution in [0, 0.1) is 6.92 Å². The lowest BCUT2D eigenvalue weighted by Gasteiger charge is -2.05. The van der Waals surface area contributed by atoms with Gasteiger partial charge in [-0.05, 0) is 25.1 Å². The molecule has 1 fully saturated rings. The quantitative estimate of drug-likeness (QED) is 0.622. The summed E-state index contributed by atoms with van der Waals surface area (Å²) in [4.78, 5) is 4.22. The number of aromatic nitrogens is 1. The van der Waals surface area contributed by atoms with E-state index in [0.29, 0.717) is 0 Å². The van der Waals surface area contributed by atoms with Gasteiger partial charge in [0.25, 0.3) is 0 Å². The maximum Gasteiger partial charge on any atom is 0.0702 e. The van der Waals surface area contributed by atoms with Crippen molar-refractivity contribution in [2.24, 2.45) is 0 Å². The van der Waals surface area contributed by atoms with Crippen LogP contribution >= 0.6 is 0 Å². The van der Waals surface area contributed by atoms with Crippen LogP contribution < -0.4 is 0 Å². The number of hydrogen-bond acceptors (Lipinski definition) is 1. The first-order valence-corrected chi connectivity index (χ1v) is 5.68. The van der Waals surface area contributed by atoms with Gasteiger partial charge in [-0.3, -0.25) is 4.98 Å². The highest BCUT2D eigenvalue weighted by Crippen LogP contribution is 2.15. The molecule has 1 aromatic carbocycles. The van der Waals surface area contributed by atoms with Crippen molar-refractivity contribution < 1.29 is 0 Å². The summed E-state index contributed by atoms with van der Waals surface area (Å²) < 4.78 is 0. The van der Waals surface area contributed by atoms with E-state index in [1.54, 1.807) is 0 Å². The van der Waals surface area contributed by atoms with Gasteiger partial charge >= 0.3 is 0 Å². The molecule has 3 rings (SSSR count). The largest absolute Gasteiger partial charge is 0.256 e. The molecule has 0 amide bonds. The lowest BCUT2D eigenvalue weighted by Crippen LogP contribution is -1.85. The molecule has 0 atom stereocenters. The SMILES string of the molecule is C1CCC1.Cc1ccc2ncccc2c1. The summed E-state index contributed by atoms with van der Waals surface area (Å²) in [7, 11) is 0. The summed E-state index contributed by atoms with van der Waals surface area (Å²) in [6.45, 7) is 2.09. The van der Waals surface area contributed by atoms with E-state index >= 15 is 0 Å². The van der Waals surface area contributed by atoms with Gasteiger partial charge < -0.3 is 0 Å². The third kappa shape index (κ3) is 2.79. The Morgan fingerprint density at radius 3 is 2.40 bits per heavy atom. The van der Waals surface area contributed by atoms with Gasteiger partial charge in [-0.1, -0.05) is 43.4 Å². The molecule has 1 saturated carbocycles. The molecule has 0 bridgehead atoms. The van der Waals surface area contributed by atoms with Crippen LogP contribution in [0.5, 0.6) is 0 Å². The first-order valence-electron chi connectivity index (χ1n) is 5.68. The number of benzene rings is 1. The maximum absolute atomic E-state index is 4.22. The van der Waals surface area contributed by atoms with Gasteiger partial charge in [-0.2, -0.15) is 0 Å². The fraction of sp³-hybridized carbons (Fsp3) is 0.357. The van der Waals surface area contributed by atoms with Crippen molar-refractivity contribution in [1.29, 1.82) is 0 Å². The molecule has 1 nitrogen and oxygen atoms in total. The van der Waals surface area contributed by atoms with Crippen molar-refractivity contribution in [3.8, 4) is 0 Å². The van der Waals surface area contributed by atoms with E-state index in [4.69, 9.17) is 0 Å². The van der Waals surface area contributed by atoms with Gasteiger partial charge in [0.1, 0.15) is 0 Å². The zero-order valence-corrected chi connectivity index (χ0v) is 9.24. The van der Waals surface area contributed by atoms with Crippen LogP contribution in [-0.4, -0.2) is 4.98 Å². The third-order valence-electron chi connectivity index (χ3n) is 2.76. The molecule has 0 aliphatic heterocycles. The summed E-state index contributed by atoms with van der Waals surface area (Å²) in [5, 5.41) is 1.22. The minimum Gasteiger partial charge on any atom is -0.256 e. The van der Waals surface area contributed by atoms with Crippen LogP contribution in [0.15, 0.2) is 36.5 Å².